The monoisotopic (exact) mass is 1640 g/mol. The third-order valence-corrected chi connectivity index (χ3v) is 32.3. The summed E-state index contributed by atoms with van der Waals surface area (Å²) >= 11 is 3.87. The van der Waals surface area contributed by atoms with Crippen molar-refractivity contribution in [1.82, 2.24) is 18.3 Å². The highest BCUT2D eigenvalue weighted by molar-refractivity contribution is 7.26. The summed E-state index contributed by atoms with van der Waals surface area (Å²) in [4.78, 5) is 0. The minimum absolute atomic E-state index is 0.0671. The van der Waals surface area contributed by atoms with Gasteiger partial charge in [-0.15, -0.1) is 22.7 Å². The van der Waals surface area contributed by atoms with Crippen LogP contribution < -0.4 is 0 Å². The topological polar surface area (TPSA) is 19.7 Å². The number of para-hydroxylation sites is 4. The molecule has 28 rings (SSSR count). The molecule has 0 fully saturated rings. The molecule has 0 N–H and O–H groups in total. The summed E-state index contributed by atoms with van der Waals surface area (Å²) in [6.45, 7) is 19.1. The van der Waals surface area contributed by atoms with E-state index in [1.165, 1.54) is 262 Å². The lowest BCUT2D eigenvalue weighted by Gasteiger charge is -2.22. The van der Waals surface area contributed by atoms with Gasteiger partial charge in [-0.1, -0.05) is 298 Å². The Morgan fingerprint density at radius 3 is 0.841 bits per heavy atom. The van der Waals surface area contributed by atoms with Crippen LogP contribution in [0.3, 0.4) is 0 Å². The van der Waals surface area contributed by atoms with Crippen molar-refractivity contribution in [3.8, 4) is 89.5 Å². The molecule has 0 amide bonds. The molecule has 596 valence electrons. The molecule has 24 aromatic rings. The van der Waals surface area contributed by atoms with Crippen LogP contribution in [0, 0.1) is 0 Å². The molecule has 126 heavy (non-hydrogen) atoms. The lowest BCUT2D eigenvalue weighted by atomic mass is 9.82. The second kappa shape index (κ2) is 25.6. The standard InChI is InChI=1S/2C60H42N2S/c1-59(2)48-17-9-5-13-39(48)40-26-23-38(33-50(40)59)62-52-18-10-6-14-41(52)43-25-21-36(32-55(43)62)35-22-30-54-47(31-35)42-15-7-11-19-53(42)61(54)37-24-27-46-51(34-37)60(3,4)49-29-28-45-44-16-8-12-20-56(44)63-58(45)57(46)49;1-59(2)48-17-9-5-13-39(48)40-26-23-37(33-50(40)59)61-53-19-11-7-15-42(53)47-31-35(22-30-54(47)61)36-21-25-43-41-14-6-10-18-52(41)62(55(43)32-36)38-24-27-46-51(34-38)60(3,4)49-29-28-45-44-16-8-12-20-56(44)63-58(45)57(46)49/h2*5-34H,1-4H3. The molecule has 6 aromatic heterocycles. The van der Waals surface area contributed by atoms with Crippen molar-refractivity contribution in [2.75, 3.05) is 0 Å². The number of fused-ring (bicyclic) bond motifs is 32. The fourth-order valence-electron chi connectivity index (χ4n) is 23.6. The number of thiophene rings is 2. The van der Waals surface area contributed by atoms with Gasteiger partial charge in [0.2, 0.25) is 0 Å². The highest BCUT2D eigenvalue weighted by atomic mass is 32.1. The summed E-state index contributed by atoms with van der Waals surface area (Å²) in [5, 5.41) is 15.6. The molecule has 4 nitrogen and oxygen atoms in total. The van der Waals surface area contributed by atoms with Crippen molar-refractivity contribution in [2.24, 2.45) is 0 Å². The van der Waals surface area contributed by atoms with Gasteiger partial charge in [0, 0.05) is 139 Å². The Labute approximate surface area is 738 Å². The lowest BCUT2D eigenvalue weighted by Crippen LogP contribution is -2.15. The van der Waals surface area contributed by atoms with Crippen molar-refractivity contribution in [1.29, 1.82) is 0 Å². The van der Waals surface area contributed by atoms with Crippen LogP contribution >= 0.6 is 22.7 Å². The van der Waals surface area contributed by atoms with Crippen LogP contribution in [-0.2, 0) is 21.7 Å². The largest absolute Gasteiger partial charge is 0.309 e. The van der Waals surface area contributed by atoms with Crippen molar-refractivity contribution >= 4 is 150 Å². The maximum Gasteiger partial charge on any atom is 0.0547 e. The van der Waals surface area contributed by atoms with E-state index in [0.717, 1.165) is 0 Å². The summed E-state index contributed by atoms with van der Waals surface area (Å²) < 4.78 is 15.4. The molecule has 0 saturated carbocycles. The van der Waals surface area contributed by atoms with Crippen LogP contribution in [0.1, 0.15) is 99.9 Å². The predicted molar refractivity (Wildman–Crippen MR) is 537 cm³/mol. The van der Waals surface area contributed by atoms with E-state index in [1.54, 1.807) is 0 Å². The van der Waals surface area contributed by atoms with Crippen LogP contribution in [0.2, 0.25) is 0 Å². The normalized spacial score (nSPS) is 14.6. The molecule has 0 atom stereocenters. The van der Waals surface area contributed by atoms with Crippen LogP contribution in [0.25, 0.3) is 217 Å². The average Bonchev–Trinajstić information content (AvgIpc) is 1.53. The van der Waals surface area contributed by atoms with E-state index in [-0.39, 0.29) is 21.7 Å². The van der Waals surface area contributed by atoms with E-state index in [1.807, 2.05) is 22.7 Å². The molecule has 0 spiro atoms. The number of aromatic nitrogens is 4. The Morgan fingerprint density at radius 2 is 0.444 bits per heavy atom. The minimum Gasteiger partial charge on any atom is -0.309 e. The Kier molecular flexibility index (Phi) is 14.7. The van der Waals surface area contributed by atoms with Crippen LogP contribution in [0.4, 0.5) is 0 Å². The van der Waals surface area contributed by atoms with Gasteiger partial charge in [-0.05, 0) is 221 Å². The first-order valence-electron chi connectivity index (χ1n) is 44.3. The molecule has 6 heteroatoms. The van der Waals surface area contributed by atoms with Gasteiger partial charge in [-0.2, -0.15) is 0 Å². The molecular weight excluding hydrogens is 1560 g/mol. The first-order valence-corrected chi connectivity index (χ1v) is 46.0. The first-order chi connectivity index (χ1) is 61.5. The zero-order valence-corrected chi connectivity index (χ0v) is 72.9. The molecule has 0 aliphatic heterocycles. The molecule has 18 aromatic carbocycles. The second-order valence-corrected chi connectivity index (χ2v) is 39.9. The van der Waals surface area contributed by atoms with Crippen LogP contribution in [-0.4, -0.2) is 18.3 Å². The van der Waals surface area contributed by atoms with Crippen molar-refractivity contribution < 1.29 is 0 Å². The number of hydrogen-bond donors (Lipinski definition) is 0. The summed E-state index contributed by atoms with van der Waals surface area (Å²) in [7, 11) is 0. The van der Waals surface area contributed by atoms with E-state index in [4.69, 9.17) is 0 Å². The maximum absolute atomic E-state index is 2.50. The zero-order valence-electron chi connectivity index (χ0n) is 71.2. The fraction of sp³-hybridized carbons (Fsp3) is 0.100. The summed E-state index contributed by atoms with van der Waals surface area (Å²) in [5.41, 5.74) is 41.2. The van der Waals surface area contributed by atoms with Crippen molar-refractivity contribution in [3.05, 3.63) is 408 Å². The van der Waals surface area contributed by atoms with E-state index in [2.05, 4.69) is 438 Å². The van der Waals surface area contributed by atoms with Gasteiger partial charge in [0.05, 0.1) is 44.1 Å². The SMILES string of the molecule is CC1(C)c2ccccc2-c2ccc(-n3c4ccccc4c4cc(-c5ccc6c7ccccc7n(-c7ccc8c(c7)C(C)(C)c7ccc9c(sc%10ccccc%109)c7-8)c6c5)ccc43)cc21.CC1(C)c2ccccc2-c2ccc(-n3c4ccccc4c4ccc(-c5ccc6c(c5)c5ccccc5n6-c5ccc6c(c5)C(C)(C)c5ccc7c(sc8ccccc87)c5-6)cc43)cc21. The smallest absolute Gasteiger partial charge is 0.0547 e. The minimum atomic E-state index is -0.134. The number of hydrogen-bond acceptors (Lipinski definition) is 2. The Balaban J connectivity index is 0.000000131. The molecular formula is C120H84N4S2. The number of rotatable bonds is 6. The molecule has 0 bridgehead atoms. The van der Waals surface area contributed by atoms with E-state index in [9.17, 15) is 0 Å². The fourth-order valence-corrected chi connectivity index (χ4v) is 26.2. The maximum atomic E-state index is 2.50. The summed E-state index contributed by atoms with van der Waals surface area (Å²) in [5.74, 6) is 0. The zero-order chi connectivity index (χ0) is 83.9. The molecule has 6 heterocycles. The van der Waals surface area contributed by atoms with Gasteiger partial charge in [0.1, 0.15) is 0 Å². The first kappa shape index (κ1) is 72.1. The van der Waals surface area contributed by atoms with E-state index < -0.39 is 0 Å². The quantitative estimate of drug-likeness (QED) is 0.158. The van der Waals surface area contributed by atoms with E-state index >= 15 is 0 Å². The van der Waals surface area contributed by atoms with Crippen LogP contribution in [0.15, 0.2) is 364 Å². The van der Waals surface area contributed by atoms with Gasteiger partial charge in [0.15, 0.2) is 0 Å². The van der Waals surface area contributed by atoms with Crippen LogP contribution in [0.5, 0.6) is 0 Å². The number of nitrogens with zero attached hydrogens (tertiary/aromatic N) is 4. The third-order valence-electron chi connectivity index (χ3n) is 29.9. The van der Waals surface area contributed by atoms with Gasteiger partial charge in [-0.25, -0.2) is 0 Å². The molecule has 0 saturated heterocycles. The summed E-state index contributed by atoms with van der Waals surface area (Å²) in [6.07, 6.45) is 0. The average molecular weight is 1650 g/mol. The molecule has 4 aliphatic carbocycles. The lowest BCUT2D eigenvalue weighted by molar-refractivity contribution is 0.660. The highest BCUT2D eigenvalue weighted by Crippen LogP contribution is 2.59. The molecule has 0 radical (unpaired) electrons. The van der Waals surface area contributed by atoms with E-state index in [0.29, 0.717) is 0 Å². The summed E-state index contributed by atoms with van der Waals surface area (Å²) in [6, 6.07) is 138. The van der Waals surface area contributed by atoms with Gasteiger partial charge < -0.3 is 18.3 Å². The van der Waals surface area contributed by atoms with Gasteiger partial charge in [-0.3, -0.25) is 0 Å². The van der Waals surface area contributed by atoms with Crippen molar-refractivity contribution in [2.45, 2.75) is 77.0 Å². The van der Waals surface area contributed by atoms with Gasteiger partial charge >= 0.3 is 0 Å². The predicted octanol–water partition coefficient (Wildman–Crippen LogP) is 33.1. The number of benzene rings is 18. The Bertz CT molecular complexity index is 8990. The van der Waals surface area contributed by atoms with Gasteiger partial charge in [0.25, 0.3) is 0 Å². The second-order valence-electron chi connectivity index (χ2n) is 37.8. The Morgan fingerprint density at radius 1 is 0.175 bits per heavy atom. The van der Waals surface area contributed by atoms with Crippen molar-refractivity contribution in [3.63, 3.8) is 0 Å². The molecule has 4 aliphatic rings. The third kappa shape index (κ3) is 9.78. The Hall–Kier alpha value is -14.4. The highest BCUT2D eigenvalue weighted by Gasteiger charge is 2.42. The molecule has 0 unspecified atom stereocenters.